The number of rotatable bonds is 6. The zero-order chi connectivity index (χ0) is 12.2. The Bertz CT molecular complexity index is 422. The summed E-state index contributed by atoms with van der Waals surface area (Å²) in [6.45, 7) is 4.77. The van der Waals surface area contributed by atoms with Crippen LogP contribution in [0.2, 0.25) is 0 Å². The first-order valence-corrected chi connectivity index (χ1v) is 6.76. The number of hydrogen-bond donors (Lipinski definition) is 2. The Morgan fingerprint density at radius 2 is 2.25 bits per heavy atom. The monoisotopic (exact) mass is 246 g/mol. The molecule has 1 atom stereocenters. The van der Waals surface area contributed by atoms with Crippen LogP contribution in [-0.2, 0) is 16.6 Å². The van der Waals surface area contributed by atoms with E-state index in [-0.39, 0.29) is 17.6 Å². The Balaban J connectivity index is 2.85. The molecule has 1 heterocycles. The molecule has 0 aliphatic rings. The molecule has 7 heteroatoms. The highest BCUT2D eigenvalue weighted by molar-refractivity contribution is 7.89. The third kappa shape index (κ3) is 3.03. The van der Waals surface area contributed by atoms with E-state index in [4.69, 9.17) is 5.73 Å². The normalized spacial score (nSPS) is 13.9. The lowest BCUT2D eigenvalue weighted by atomic mass is 10.2. The van der Waals surface area contributed by atoms with E-state index in [0.717, 1.165) is 0 Å². The Morgan fingerprint density at radius 1 is 1.56 bits per heavy atom. The minimum atomic E-state index is -3.53. The van der Waals surface area contributed by atoms with Gasteiger partial charge in [-0.25, -0.2) is 18.1 Å². The van der Waals surface area contributed by atoms with E-state index in [1.807, 2.05) is 13.8 Å². The second-order valence-electron chi connectivity index (χ2n) is 3.50. The van der Waals surface area contributed by atoms with E-state index in [2.05, 4.69) is 9.71 Å². The minimum absolute atomic E-state index is 0.0428. The molecule has 92 valence electrons. The van der Waals surface area contributed by atoms with Gasteiger partial charge in [-0.1, -0.05) is 6.92 Å². The number of aryl methyl sites for hydroxylation is 1. The Labute approximate surface area is 95.9 Å². The quantitative estimate of drug-likeness (QED) is 0.734. The molecule has 1 aromatic rings. The lowest BCUT2D eigenvalue weighted by Gasteiger charge is -2.13. The largest absolute Gasteiger partial charge is 0.336 e. The molecule has 1 unspecified atom stereocenters. The molecule has 0 radical (unpaired) electrons. The van der Waals surface area contributed by atoms with Crippen molar-refractivity contribution in [2.75, 3.05) is 6.54 Å². The molecule has 0 saturated carbocycles. The minimum Gasteiger partial charge on any atom is -0.336 e. The average Bonchev–Trinajstić information content (AvgIpc) is 2.75. The van der Waals surface area contributed by atoms with Crippen molar-refractivity contribution < 1.29 is 8.42 Å². The molecule has 1 rings (SSSR count). The van der Waals surface area contributed by atoms with Crippen LogP contribution < -0.4 is 10.5 Å². The van der Waals surface area contributed by atoms with Crippen molar-refractivity contribution in [2.45, 2.75) is 37.9 Å². The first kappa shape index (κ1) is 13.1. The SMILES string of the molecule is CCC(CN)NS(=O)(=O)c1cn(CC)cn1. The summed E-state index contributed by atoms with van der Waals surface area (Å²) in [6, 6.07) is -0.239. The van der Waals surface area contributed by atoms with Crippen LogP contribution in [0, 0.1) is 0 Å². The van der Waals surface area contributed by atoms with Gasteiger partial charge in [0.05, 0.1) is 6.33 Å². The molecule has 3 N–H and O–H groups in total. The van der Waals surface area contributed by atoms with Gasteiger partial charge in [-0.3, -0.25) is 0 Å². The summed E-state index contributed by atoms with van der Waals surface area (Å²) in [5.74, 6) is 0. The van der Waals surface area contributed by atoms with Crippen LogP contribution in [0.1, 0.15) is 20.3 Å². The summed E-state index contributed by atoms with van der Waals surface area (Å²) in [6.07, 6.45) is 3.66. The summed E-state index contributed by atoms with van der Waals surface area (Å²) in [5, 5.41) is 0.0428. The molecule has 0 saturated heterocycles. The van der Waals surface area contributed by atoms with E-state index >= 15 is 0 Å². The highest BCUT2D eigenvalue weighted by atomic mass is 32.2. The van der Waals surface area contributed by atoms with Crippen LogP contribution in [0.15, 0.2) is 17.6 Å². The van der Waals surface area contributed by atoms with Gasteiger partial charge in [0.2, 0.25) is 0 Å². The number of aromatic nitrogens is 2. The van der Waals surface area contributed by atoms with Gasteiger partial charge in [-0.2, -0.15) is 0 Å². The van der Waals surface area contributed by atoms with Crippen LogP contribution in [0.4, 0.5) is 0 Å². The molecule has 0 bridgehead atoms. The van der Waals surface area contributed by atoms with Crippen molar-refractivity contribution in [1.29, 1.82) is 0 Å². The van der Waals surface area contributed by atoms with E-state index < -0.39 is 10.0 Å². The lowest BCUT2D eigenvalue weighted by Crippen LogP contribution is -2.39. The second-order valence-corrected chi connectivity index (χ2v) is 5.17. The van der Waals surface area contributed by atoms with Crippen LogP contribution >= 0.6 is 0 Å². The number of sulfonamides is 1. The number of nitrogens with two attached hydrogens (primary N) is 1. The van der Waals surface area contributed by atoms with Gasteiger partial charge < -0.3 is 10.3 Å². The number of hydrogen-bond acceptors (Lipinski definition) is 4. The van der Waals surface area contributed by atoms with E-state index in [1.54, 1.807) is 4.57 Å². The molecule has 6 nitrogen and oxygen atoms in total. The molecular formula is C9H18N4O2S. The van der Waals surface area contributed by atoms with Crippen LogP contribution in [0.25, 0.3) is 0 Å². The third-order valence-corrected chi connectivity index (χ3v) is 3.75. The molecule has 0 aliphatic carbocycles. The first-order chi connectivity index (χ1) is 7.53. The maximum Gasteiger partial charge on any atom is 0.259 e. The van der Waals surface area contributed by atoms with Gasteiger partial charge in [0.15, 0.2) is 5.03 Å². The molecule has 0 spiro atoms. The topological polar surface area (TPSA) is 90.0 Å². The van der Waals surface area contributed by atoms with Crippen molar-refractivity contribution in [1.82, 2.24) is 14.3 Å². The summed E-state index contributed by atoms with van der Waals surface area (Å²) < 4.78 is 27.9. The van der Waals surface area contributed by atoms with Crippen LogP contribution in [0.3, 0.4) is 0 Å². The van der Waals surface area contributed by atoms with Gasteiger partial charge in [0, 0.05) is 25.3 Å². The van der Waals surface area contributed by atoms with Gasteiger partial charge in [-0.15, -0.1) is 0 Å². The molecule has 0 fully saturated rings. The first-order valence-electron chi connectivity index (χ1n) is 5.27. The number of nitrogens with one attached hydrogen (secondary N) is 1. The lowest BCUT2D eigenvalue weighted by molar-refractivity contribution is 0.540. The predicted octanol–water partition coefficient (Wildman–Crippen LogP) is -0.0814. The molecule has 16 heavy (non-hydrogen) atoms. The fourth-order valence-corrected chi connectivity index (χ4v) is 2.51. The van der Waals surface area contributed by atoms with Crippen LogP contribution in [-0.4, -0.2) is 30.6 Å². The Kier molecular flexibility index (Phi) is 4.45. The van der Waals surface area contributed by atoms with Crippen molar-refractivity contribution >= 4 is 10.0 Å². The number of nitrogens with zero attached hydrogens (tertiary/aromatic N) is 2. The maximum absolute atomic E-state index is 11.8. The highest BCUT2D eigenvalue weighted by Gasteiger charge is 2.20. The predicted molar refractivity (Wildman–Crippen MR) is 61.4 cm³/mol. The van der Waals surface area contributed by atoms with Gasteiger partial charge >= 0.3 is 0 Å². The molecular weight excluding hydrogens is 228 g/mol. The second kappa shape index (κ2) is 5.42. The van der Waals surface area contributed by atoms with Gasteiger partial charge in [0.25, 0.3) is 10.0 Å². The summed E-state index contributed by atoms with van der Waals surface area (Å²) in [7, 11) is -3.53. The van der Waals surface area contributed by atoms with Crippen molar-refractivity contribution in [3.05, 3.63) is 12.5 Å². The molecule has 1 aromatic heterocycles. The highest BCUT2D eigenvalue weighted by Crippen LogP contribution is 2.06. The third-order valence-electron chi connectivity index (χ3n) is 2.35. The smallest absolute Gasteiger partial charge is 0.259 e. The summed E-state index contributed by atoms with van der Waals surface area (Å²) >= 11 is 0. The van der Waals surface area contributed by atoms with E-state index in [1.165, 1.54) is 12.5 Å². The fourth-order valence-electron chi connectivity index (χ4n) is 1.23. The molecule has 0 aliphatic heterocycles. The molecule has 0 amide bonds. The summed E-state index contributed by atoms with van der Waals surface area (Å²) in [4.78, 5) is 3.85. The summed E-state index contributed by atoms with van der Waals surface area (Å²) in [5.41, 5.74) is 5.45. The fraction of sp³-hybridized carbons (Fsp3) is 0.667. The maximum atomic E-state index is 11.8. The Morgan fingerprint density at radius 3 is 2.69 bits per heavy atom. The van der Waals surface area contributed by atoms with Gasteiger partial charge in [-0.05, 0) is 13.3 Å². The zero-order valence-corrected chi connectivity index (χ0v) is 10.4. The van der Waals surface area contributed by atoms with Crippen LogP contribution in [0.5, 0.6) is 0 Å². The van der Waals surface area contributed by atoms with Crippen molar-refractivity contribution in [3.63, 3.8) is 0 Å². The van der Waals surface area contributed by atoms with Crippen molar-refractivity contribution in [3.8, 4) is 0 Å². The van der Waals surface area contributed by atoms with Crippen molar-refractivity contribution in [2.24, 2.45) is 5.73 Å². The number of imidazole rings is 1. The Hall–Kier alpha value is -0.920. The average molecular weight is 246 g/mol. The van der Waals surface area contributed by atoms with E-state index in [0.29, 0.717) is 13.0 Å². The van der Waals surface area contributed by atoms with E-state index in [9.17, 15) is 8.42 Å². The standard InChI is InChI=1S/C9H18N4O2S/c1-3-8(5-10)12-16(14,15)9-6-13(4-2)7-11-9/h6-8,12H,3-5,10H2,1-2H3. The molecule has 0 aromatic carbocycles. The zero-order valence-electron chi connectivity index (χ0n) is 9.55. The van der Waals surface area contributed by atoms with Gasteiger partial charge in [0.1, 0.15) is 0 Å².